The number of hydrogen-bond donors (Lipinski definition) is 2. The number of aryl methyl sites for hydroxylation is 1. The maximum Gasteiger partial charge on any atom is 0.256 e. The zero-order valence-electron chi connectivity index (χ0n) is 11.8. The maximum absolute atomic E-state index is 11.9. The lowest BCUT2D eigenvalue weighted by molar-refractivity contribution is 0.0935. The molecular formula is C14H22N2O2. The van der Waals surface area contributed by atoms with E-state index in [1.54, 1.807) is 6.92 Å². The fraction of sp³-hybridized carbons (Fsp3) is 0.571. The summed E-state index contributed by atoms with van der Waals surface area (Å²) in [7, 11) is 0. The summed E-state index contributed by atoms with van der Waals surface area (Å²) in [4.78, 5) is 26.4. The molecule has 0 radical (unpaired) electrons. The molecule has 1 heterocycles. The van der Waals surface area contributed by atoms with E-state index in [2.05, 4.69) is 38.0 Å². The molecule has 1 aromatic heterocycles. The third kappa shape index (κ3) is 3.72. The Labute approximate surface area is 108 Å². The van der Waals surface area contributed by atoms with Crippen molar-refractivity contribution in [2.45, 2.75) is 34.6 Å². The first kappa shape index (κ1) is 14.5. The van der Waals surface area contributed by atoms with E-state index >= 15 is 0 Å². The Kier molecular flexibility index (Phi) is 4.33. The summed E-state index contributed by atoms with van der Waals surface area (Å²) >= 11 is 0. The molecule has 4 nitrogen and oxygen atoms in total. The van der Waals surface area contributed by atoms with Gasteiger partial charge in [-0.1, -0.05) is 27.7 Å². The highest BCUT2D eigenvalue weighted by molar-refractivity contribution is 5.93. The lowest BCUT2D eigenvalue weighted by Gasteiger charge is -2.27. The molecule has 1 unspecified atom stereocenters. The highest BCUT2D eigenvalue weighted by Crippen LogP contribution is 2.24. The van der Waals surface area contributed by atoms with Crippen LogP contribution in [0.15, 0.2) is 17.1 Å². The van der Waals surface area contributed by atoms with Gasteiger partial charge in [0.25, 0.3) is 5.91 Å². The second-order valence-corrected chi connectivity index (χ2v) is 5.87. The van der Waals surface area contributed by atoms with Crippen LogP contribution in [0.1, 0.15) is 43.7 Å². The third-order valence-electron chi connectivity index (χ3n) is 3.35. The van der Waals surface area contributed by atoms with Crippen LogP contribution in [0.2, 0.25) is 0 Å². The topological polar surface area (TPSA) is 62.0 Å². The molecule has 100 valence electrons. The van der Waals surface area contributed by atoms with Gasteiger partial charge in [-0.25, -0.2) is 0 Å². The predicted octanol–water partition coefficient (Wildman–Crippen LogP) is 2.10. The van der Waals surface area contributed by atoms with Gasteiger partial charge in [-0.3, -0.25) is 9.59 Å². The molecule has 0 saturated carbocycles. The fourth-order valence-corrected chi connectivity index (χ4v) is 1.40. The summed E-state index contributed by atoms with van der Waals surface area (Å²) in [6.07, 6.45) is 1.47. The molecule has 1 atom stereocenters. The summed E-state index contributed by atoms with van der Waals surface area (Å²) in [5, 5.41) is 2.81. The number of carbonyl (C=O) groups is 1. The van der Waals surface area contributed by atoms with Gasteiger partial charge in [0.2, 0.25) is 0 Å². The molecule has 0 bridgehead atoms. The van der Waals surface area contributed by atoms with Crippen molar-refractivity contribution in [3.63, 3.8) is 0 Å². The second-order valence-electron chi connectivity index (χ2n) is 5.87. The van der Waals surface area contributed by atoms with Crippen LogP contribution < -0.4 is 10.7 Å². The maximum atomic E-state index is 11.9. The number of amides is 1. The standard InChI is InChI=1S/C14H22N2O2/c1-9(14(3,4)5)7-16-13(18)11-8-15-10(2)6-12(11)17/h6,8-9H,7H2,1-5H3,(H,15,17)(H,16,18). The smallest absolute Gasteiger partial charge is 0.256 e. The van der Waals surface area contributed by atoms with Crippen LogP contribution in [0, 0.1) is 18.3 Å². The van der Waals surface area contributed by atoms with E-state index in [1.807, 2.05) is 0 Å². The molecule has 1 amide bonds. The normalized spacial score (nSPS) is 13.2. The van der Waals surface area contributed by atoms with Gasteiger partial charge >= 0.3 is 0 Å². The molecule has 0 aliphatic heterocycles. The van der Waals surface area contributed by atoms with E-state index in [0.29, 0.717) is 12.5 Å². The number of H-pyrrole nitrogens is 1. The molecule has 0 spiro atoms. The minimum absolute atomic E-state index is 0.132. The highest BCUT2D eigenvalue weighted by Gasteiger charge is 2.21. The van der Waals surface area contributed by atoms with Crippen LogP contribution in [-0.2, 0) is 0 Å². The number of aromatic amines is 1. The molecule has 0 saturated heterocycles. The van der Waals surface area contributed by atoms with E-state index in [4.69, 9.17) is 0 Å². The van der Waals surface area contributed by atoms with Crippen molar-refractivity contribution in [2.24, 2.45) is 11.3 Å². The van der Waals surface area contributed by atoms with Gasteiger partial charge in [-0.05, 0) is 18.3 Å². The molecule has 0 aliphatic carbocycles. The molecule has 0 aromatic carbocycles. The number of carbonyl (C=O) groups excluding carboxylic acids is 1. The molecule has 2 N–H and O–H groups in total. The lowest BCUT2D eigenvalue weighted by Crippen LogP contribution is -2.35. The molecule has 18 heavy (non-hydrogen) atoms. The Bertz CT molecular complexity index is 483. The zero-order valence-corrected chi connectivity index (χ0v) is 11.8. The first-order valence-corrected chi connectivity index (χ1v) is 6.19. The Hall–Kier alpha value is -1.58. The van der Waals surface area contributed by atoms with Gasteiger partial charge < -0.3 is 10.3 Å². The van der Waals surface area contributed by atoms with Gasteiger partial charge in [0.15, 0.2) is 5.43 Å². The van der Waals surface area contributed by atoms with Crippen LogP contribution in [-0.4, -0.2) is 17.4 Å². The van der Waals surface area contributed by atoms with Crippen molar-refractivity contribution in [3.05, 3.63) is 33.7 Å². The number of rotatable bonds is 3. The summed E-state index contributed by atoms with van der Waals surface area (Å²) < 4.78 is 0. The van der Waals surface area contributed by atoms with E-state index in [9.17, 15) is 9.59 Å². The quantitative estimate of drug-likeness (QED) is 0.863. The van der Waals surface area contributed by atoms with Crippen molar-refractivity contribution in [2.75, 3.05) is 6.54 Å². The van der Waals surface area contributed by atoms with Crippen molar-refractivity contribution in [1.29, 1.82) is 0 Å². The number of aromatic nitrogens is 1. The fourth-order valence-electron chi connectivity index (χ4n) is 1.40. The molecule has 1 aromatic rings. The Balaban J connectivity index is 2.70. The molecule has 0 aliphatic rings. The highest BCUT2D eigenvalue weighted by atomic mass is 16.2. The number of hydrogen-bond acceptors (Lipinski definition) is 2. The second kappa shape index (κ2) is 5.38. The van der Waals surface area contributed by atoms with Gasteiger partial charge in [0, 0.05) is 24.5 Å². The van der Waals surface area contributed by atoms with Crippen molar-refractivity contribution < 1.29 is 4.79 Å². The summed E-state index contributed by atoms with van der Waals surface area (Å²) in [6, 6.07) is 1.43. The van der Waals surface area contributed by atoms with Gasteiger partial charge in [0.05, 0.1) is 0 Å². The molecular weight excluding hydrogens is 228 g/mol. The van der Waals surface area contributed by atoms with Crippen LogP contribution in [0.4, 0.5) is 0 Å². The largest absolute Gasteiger partial charge is 0.364 e. The average molecular weight is 250 g/mol. The minimum Gasteiger partial charge on any atom is -0.364 e. The molecule has 4 heteroatoms. The van der Waals surface area contributed by atoms with Gasteiger partial charge in [-0.15, -0.1) is 0 Å². The first-order valence-electron chi connectivity index (χ1n) is 6.19. The molecule has 1 rings (SSSR count). The van der Waals surface area contributed by atoms with Gasteiger partial charge in [0.1, 0.15) is 5.56 Å². The van der Waals surface area contributed by atoms with E-state index in [1.165, 1.54) is 12.3 Å². The number of pyridine rings is 1. The average Bonchev–Trinajstić information content (AvgIpc) is 2.24. The predicted molar refractivity (Wildman–Crippen MR) is 72.8 cm³/mol. The Morgan fingerprint density at radius 3 is 2.56 bits per heavy atom. The Morgan fingerprint density at radius 1 is 1.44 bits per heavy atom. The van der Waals surface area contributed by atoms with Crippen LogP contribution in [0.3, 0.4) is 0 Å². The Morgan fingerprint density at radius 2 is 2.06 bits per heavy atom. The first-order chi connectivity index (χ1) is 8.21. The van der Waals surface area contributed by atoms with E-state index in [-0.39, 0.29) is 22.3 Å². The zero-order chi connectivity index (χ0) is 13.9. The number of nitrogens with one attached hydrogen (secondary N) is 2. The lowest BCUT2D eigenvalue weighted by atomic mass is 9.82. The van der Waals surface area contributed by atoms with E-state index < -0.39 is 0 Å². The summed E-state index contributed by atoms with van der Waals surface area (Å²) in [5.74, 6) is 0.0262. The molecule has 0 fully saturated rings. The van der Waals surface area contributed by atoms with E-state index in [0.717, 1.165) is 5.69 Å². The summed E-state index contributed by atoms with van der Waals surface area (Å²) in [5.41, 5.74) is 0.806. The van der Waals surface area contributed by atoms with Crippen LogP contribution in [0.25, 0.3) is 0 Å². The monoisotopic (exact) mass is 250 g/mol. The van der Waals surface area contributed by atoms with Crippen molar-refractivity contribution in [3.8, 4) is 0 Å². The third-order valence-corrected chi connectivity index (χ3v) is 3.35. The van der Waals surface area contributed by atoms with Crippen molar-refractivity contribution in [1.82, 2.24) is 10.3 Å². The van der Waals surface area contributed by atoms with Crippen LogP contribution >= 0.6 is 0 Å². The van der Waals surface area contributed by atoms with Crippen molar-refractivity contribution >= 4 is 5.91 Å². The summed E-state index contributed by atoms with van der Waals surface area (Å²) in [6.45, 7) is 10.8. The van der Waals surface area contributed by atoms with Gasteiger partial charge in [-0.2, -0.15) is 0 Å². The van der Waals surface area contributed by atoms with Crippen LogP contribution in [0.5, 0.6) is 0 Å². The SMILES string of the molecule is Cc1cc(=O)c(C(=O)NCC(C)C(C)(C)C)c[nH]1. The minimum atomic E-state index is -0.313.